The fraction of sp³-hybridized carbons (Fsp3) is 0.500. The third-order valence-corrected chi connectivity index (χ3v) is 4.06. The van der Waals surface area contributed by atoms with Gasteiger partial charge in [0.15, 0.2) is 0 Å². The van der Waals surface area contributed by atoms with Gasteiger partial charge in [-0.1, -0.05) is 43.6 Å². The number of aryl methyl sites for hydroxylation is 1. The number of hydrogen-bond acceptors (Lipinski definition) is 2. The van der Waals surface area contributed by atoms with Crippen LogP contribution in [0.15, 0.2) is 18.2 Å². The zero-order valence-corrected chi connectivity index (χ0v) is 12.7. The van der Waals surface area contributed by atoms with Crippen molar-refractivity contribution in [3.63, 3.8) is 0 Å². The number of nitrogens with two attached hydrogens (primary N) is 1. The van der Waals surface area contributed by atoms with Crippen molar-refractivity contribution in [3.05, 3.63) is 34.9 Å². The minimum absolute atomic E-state index is 0.0330. The number of amides is 1. The van der Waals surface area contributed by atoms with Gasteiger partial charge >= 0.3 is 0 Å². The van der Waals surface area contributed by atoms with Crippen molar-refractivity contribution in [2.24, 2.45) is 11.7 Å². The lowest BCUT2D eigenvalue weighted by Gasteiger charge is -2.11. The minimum atomic E-state index is -0.0330. The van der Waals surface area contributed by atoms with E-state index in [1.807, 2.05) is 25.1 Å². The lowest BCUT2D eigenvalue weighted by molar-refractivity contribution is 0.0951. The first-order valence-corrected chi connectivity index (χ1v) is 7.78. The summed E-state index contributed by atoms with van der Waals surface area (Å²) in [5.74, 6) is 6.57. The third-order valence-electron chi connectivity index (χ3n) is 4.06. The Morgan fingerprint density at radius 2 is 2.14 bits per heavy atom. The molecule has 3 N–H and O–H groups in total. The van der Waals surface area contributed by atoms with Crippen LogP contribution >= 0.6 is 0 Å². The fourth-order valence-corrected chi connectivity index (χ4v) is 2.89. The number of nitrogens with one attached hydrogen (secondary N) is 1. The average molecular weight is 284 g/mol. The quantitative estimate of drug-likeness (QED) is 0.835. The van der Waals surface area contributed by atoms with Gasteiger partial charge in [-0.3, -0.25) is 4.79 Å². The Morgan fingerprint density at radius 3 is 2.86 bits per heavy atom. The number of hydrogen-bond donors (Lipinski definition) is 2. The summed E-state index contributed by atoms with van der Waals surface area (Å²) < 4.78 is 0. The molecule has 0 unspecified atom stereocenters. The van der Waals surface area contributed by atoms with Crippen molar-refractivity contribution in [1.29, 1.82) is 0 Å². The molecule has 0 aliphatic heterocycles. The highest BCUT2D eigenvalue weighted by atomic mass is 16.1. The summed E-state index contributed by atoms with van der Waals surface area (Å²) >= 11 is 0. The number of rotatable bonds is 4. The van der Waals surface area contributed by atoms with E-state index in [1.165, 1.54) is 25.7 Å². The van der Waals surface area contributed by atoms with Crippen molar-refractivity contribution in [3.8, 4) is 11.8 Å². The van der Waals surface area contributed by atoms with E-state index in [9.17, 15) is 4.79 Å². The number of benzene rings is 1. The molecule has 1 fully saturated rings. The summed E-state index contributed by atoms with van der Waals surface area (Å²) in [6.07, 6.45) is 6.40. The molecule has 0 spiro atoms. The second kappa shape index (κ2) is 7.85. The highest BCUT2D eigenvalue weighted by Crippen LogP contribution is 2.26. The molecule has 0 saturated heterocycles. The SMILES string of the molecule is Cc1ccc(C(=O)NCCC2CCCC2)c(C#CCN)c1. The molecule has 1 aromatic carbocycles. The Morgan fingerprint density at radius 1 is 1.38 bits per heavy atom. The van der Waals surface area contributed by atoms with Crippen LogP contribution in [0, 0.1) is 24.7 Å². The molecule has 3 heteroatoms. The smallest absolute Gasteiger partial charge is 0.252 e. The second-order valence-corrected chi connectivity index (χ2v) is 5.75. The molecule has 1 aromatic rings. The molecule has 0 radical (unpaired) electrons. The lowest BCUT2D eigenvalue weighted by Crippen LogP contribution is -2.26. The summed E-state index contributed by atoms with van der Waals surface area (Å²) in [5.41, 5.74) is 7.92. The molecular weight excluding hydrogens is 260 g/mol. The minimum Gasteiger partial charge on any atom is -0.352 e. The molecule has 21 heavy (non-hydrogen) atoms. The predicted octanol–water partition coefficient (Wildman–Crippen LogP) is 2.62. The van der Waals surface area contributed by atoms with Gasteiger partial charge in [-0.05, 0) is 37.0 Å². The van der Waals surface area contributed by atoms with Crippen LogP contribution in [0.5, 0.6) is 0 Å². The maximum Gasteiger partial charge on any atom is 0.252 e. The van der Waals surface area contributed by atoms with Crippen LogP contribution in [0.25, 0.3) is 0 Å². The van der Waals surface area contributed by atoms with Crippen molar-refractivity contribution >= 4 is 5.91 Å². The first-order valence-electron chi connectivity index (χ1n) is 7.78. The van der Waals surface area contributed by atoms with Gasteiger partial charge in [0.1, 0.15) is 0 Å². The van der Waals surface area contributed by atoms with E-state index in [-0.39, 0.29) is 5.91 Å². The van der Waals surface area contributed by atoms with Gasteiger partial charge in [0.2, 0.25) is 0 Å². The fourth-order valence-electron chi connectivity index (χ4n) is 2.89. The molecule has 2 rings (SSSR count). The summed E-state index contributed by atoms with van der Waals surface area (Å²) in [6, 6.07) is 5.73. The van der Waals surface area contributed by atoms with E-state index in [0.29, 0.717) is 12.1 Å². The van der Waals surface area contributed by atoms with Crippen LogP contribution in [-0.4, -0.2) is 19.0 Å². The van der Waals surface area contributed by atoms with Gasteiger partial charge in [0.25, 0.3) is 5.91 Å². The molecule has 1 amide bonds. The Labute approximate surface area is 127 Å². The summed E-state index contributed by atoms with van der Waals surface area (Å²) in [6.45, 7) is 3.05. The van der Waals surface area contributed by atoms with Gasteiger partial charge in [0, 0.05) is 12.1 Å². The molecule has 0 heterocycles. The monoisotopic (exact) mass is 284 g/mol. The van der Waals surface area contributed by atoms with Crippen molar-refractivity contribution in [2.45, 2.75) is 39.0 Å². The molecule has 0 aromatic heterocycles. The maximum atomic E-state index is 12.3. The largest absolute Gasteiger partial charge is 0.352 e. The van der Waals surface area contributed by atoms with E-state index in [2.05, 4.69) is 17.2 Å². The van der Waals surface area contributed by atoms with Crippen molar-refractivity contribution in [1.82, 2.24) is 5.32 Å². The van der Waals surface area contributed by atoms with Gasteiger partial charge < -0.3 is 11.1 Å². The van der Waals surface area contributed by atoms with E-state index >= 15 is 0 Å². The Kier molecular flexibility index (Phi) is 5.83. The van der Waals surface area contributed by atoms with Gasteiger partial charge in [-0.2, -0.15) is 0 Å². The second-order valence-electron chi connectivity index (χ2n) is 5.75. The van der Waals surface area contributed by atoms with Gasteiger partial charge in [0.05, 0.1) is 12.1 Å². The molecule has 1 saturated carbocycles. The van der Waals surface area contributed by atoms with E-state index in [0.717, 1.165) is 30.0 Å². The number of carbonyl (C=O) groups excluding carboxylic acids is 1. The van der Waals surface area contributed by atoms with Crippen molar-refractivity contribution in [2.75, 3.05) is 13.1 Å². The molecular formula is C18H24N2O. The highest BCUT2D eigenvalue weighted by Gasteiger charge is 2.15. The van der Waals surface area contributed by atoms with Crippen LogP contribution in [0.1, 0.15) is 53.6 Å². The molecule has 112 valence electrons. The van der Waals surface area contributed by atoms with E-state index in [1.54, 1.807) is 0 Å². The molecule has 1 aliphatic rings. The normalized spacial score (nSPS) is 14.6. The summed E-state index contributed by atoms with van der Waals surface area (Å²) in [7, 11) is 0. The third kappa shape index (κ3) is 4.61. The highest BCUT2D eigenvalue weighted by molar-refractivity contribution is 5.96. The molecule has 3 nitrogen and oxygen atoms in total. The first-order chi connectivity index (χ1) is 10.2. The average Bonchev–Trinajstić information content (AvgIpc) is 2.98. The Balaban J connectivity index is 1.97. The number of carbonyl (C=O) groups is 1. The van der Waals surface area contributed by atoms with Crippen LogP contribution < -0.4 is 11.1 Å². The maximum absolute atomic E-state index is 12.3. The molecule has 0 atom stereocenters. The Hall–Kier alpha value is -1.79. The zero-order valence-electron chi connectivity index (χ0n) is 12.7. The topological polar surface area (TPSA) is 55.1 Å². The van der Waals surface area contributed by atoms with Crippen molar-refractivity contribution < 1.29 is 4.79 Å². The Bertz CT molecular complexity index is 548. The van der Waals surface area contributed by atoms with Crippen LogP contribution in [-0.2, 0) is 0 Å². The standard InChI is InChI=1S/C18H24N2O/c1-14-8-9-17(16(13-14)7-4-11-19)18(21)20-12-10-15-5-2-3-6-15/h8-9,13,15H,2-3,5-6,10-12,19H2,1H3,(H,20,21). The van der Waals surface area contributed by atoms with Crippen LogP contribution in [0.3, 0.4) is 0 Å². The zero-order chi connectivity index (χ0) is 15.1. The lowest BCUT2D eigenvalue weighted by atomic mass is 10.0. The van der Waals surface area contributed by atoms with Crippen LogP contribution in [0.4, 0.5) is 0 Å². The van der Waals surface area contributed by atoms with E-state index < -0.39 is 0 Å². The first kappa shape index (κ1) is 15.6. The molecule has 0 bridgehead atoms. The van der Waals surface area contributed by atoms with Gasteiger partial charge in [-0.25, -0.2) is 0 Å². The van der Waals surface area contributed by atoms with Gasteiger partial charge in [-0.15, -0.1) is 0 Å². The predicted molar refractivity (Wildman–Crippen MR) is 86.0 cm³/mol. The summed E-state index contributed by atoms with van der Waals surface area (Å²) in [5, 5.41) is 3.02. The summed E-state index contributed by atoms with van der Waals surface area (Å²) in [4.78, 5) is 12.3. The molecule has 1 aliphatic carbocycles. The van der Waals surface area contributed by atoms with Crippen LogP contribution in [0.2, 0.25) is 0 Å². The van der Waals surface area contributed by atoms with E-state index in [4.69, 9.17) is 5.73 Å².